The minimum absolute atomic E-state index is 0.0589. The van der Waals surface area contributed by atoms with Gasteiger partial charge in [-0.05, 0) is 105 Å². The second kappa shape index (κ2) is 10.5. The lowest BCUT2D eigenvalue weighted by Crippen LogP contribution is -2.25. The lowest BCUT2D eigenvalue weighted by atomic mass is 9.84. The van der Waals surface area contributed by atoms with Crippen molar-refractivity contribution in [3.63, 3.8) is 0 Å². The van der Waals surface area contributed by atoms with Crippen molar-refractivity contribution in [2.45, 2.75) is 25.7 Å². The Morgan fingerprint density at radius 1 is 0.707 bits per heavy atom. The normalized spacial score (nSPS) is 13.4. The average Bonchev–Trinajstić information content (AvgIpc) is 3.03. The molecular weight excluding hydrogens is 506 g/mol. The van der Waals surface area contributed by atoms with Crippen LogP contribution in [0.1, 0.15) is 34.3 Å². The Kier molecular flexibility index (Phi) is 6.44. The van der Waals surface area contributed by atoms with Gasteiger partial charge in [0.1, 0.15) is 5.75 Å². The number of carbonyl (C=O) groups excluding carboxylic acids is 2. The first-order valence-electron chi connectivity index (χ1n) is 14.1. The zero-order valence-electron chi connectivity index (χ0n) is 22.7. The molecule has 0 bridgehead atoms. The summed E-state index contributed by atoms with van der Waals surface area (Å²) >= 11 is 0. The second-order valence-corrected chi connectivity index (χ2v) is 10.7. The molecule has 200 valence electrons. The summed E-state index contributed by atoms with van der Waals surface area (Å²) in [5.41, 5.74) is 4.82. The molecule has 7 rings (SSSR count). The van der Waals surface area contributed by atoms with Crippen molar-refractivity contribution in [3.05, 3.63) is 141 Å². The van der Waals surface area contributed by atoms with Gasteiger partial charge in [-0.2, -0.15) is 0 Å². The molecule has 0 radical (unpaired) electrons. The largest absolute Gasteiger partial charge is 0.484 e. The number of hydrogen-bond donors (Lipinski definition) is 1. The van der Waals surface area contributed by atoms with Crippen LogP contribution in [-0.2, 0) is 17.6 Å². The smallest absolute Gasteiger partial charge is 0.262 e. The van der Waals surface area contributed by atoms with Crippen molar-refractivity contribution in [3.8, 4) is 5.75 Å². The standard InChI is InChI=1S/C37H29NO3/c39-36(23-41-29-18-14-24-6-1-2-8-27(24)22-29)38-28-16-12-26(13-17-28)37(40)35-11-5-10-31-33-19-15-25-7-3-4-9-30(25)32(33)20-21-34(31)35/h1-4,6-9,12-18,20-22H,5,10-11,19,23H2,(H,38,39). The fraction of sp³-hybridized carbons (Fsp3) is 0.135. The molecule has 4 nitrogen and oxygen atoms in total. The molecule has 0 heterocycles. The molecule has 0 unspecified atom stereocenters. The fourth-order valence-corrected chi connectivity index (χ4v) is 6.17. The van der Waals surface area contributed by atoms with Crippen molar-refractivity contribution >= 4 is 39.8 Å². The summed E-state index contributed by atoms with van der Waals surface area (Å²) in [6.07, 6.45) is 5.94. The number of anilines is 1. The van der Waals surface area contributed by atoms with Gasteiger partial charge < -0.3 is 10.1 Å². The van der Waals surface area contributed by atoms with E-state index in [2.05, 4.69) is 47.8 Å². The molecule has 0 fully saturated rings. The van der Waals surface area contributed by atoms with Gasteiger partial charge in [0.15, 0.2) is 12.4 Å². The number of hydrogen-bond acceptors (Lipinski definition) is 3. The molecule has 0 saturated heterocycles. The number of fused-ring (bicyclic) bond motifs is 5. The van der Waals surface area contributed by atoms with Gasteiger partial charge in [-0.1, -0.05) is 72.8 Å². The van der Waals surface area contributed by atoms with E-state index < -0.39 is 0 Å². The number of benzene rings is 5. The molecule has 5 aromatic carbocycles. The average molecular weight is 536 g/mol. The summed E-state index contributed by atoms with van der Waals surface area (Å²) in [6.45, 7) is -0.0973. The summed E-state index contributed by atoms with van der Waals surface area (Å²) < 4.78 is 5.71. The van der Waals surface area contributed by atoms with Crippen LogP contribution in [0.5, 0.6) is 5.75 Å². The van der Waals surface area contributed by atoms with Crippen LogP contribution in [0.4, 0.5) is 5.69 Å². The highest BCUT2D eigenvalue weighted by atomic mass is 16.5. The van der Waals surface area contributed by atoms with E-state index in [9.17, 15) is 9.59 Å². The van der Waals surface area contributed by atoms with E-state index >= 15 is 0 Å². The Bertz CT molecular complexity index is 2060. The minimum Gasteiger partial charge on any atom is -0.484 e. The molecule has 2 aliphatic carbocycles. The van der Waals surface area contributed by atoms with Crippen LogP contribution in [0.2, 0.25) is 0 Å². The summed E-state index contributed by atoms with van der Waals surface area (Å²) in [4.78, 5) is 26.2. The summed E-state index contributed by atoms with van der Waals surface area (Å²) in [7, 11) is 0. The summed E-state index contributed by atoms with van der Waals surface area (Å²) in [5, 5.41) is 9.99. The van der Waals surface area contributed by atoms with Crippen LogP contribution in [0.15, 0.2) is 103 Å². The van der Waals surface area contributed by atoms with Gasteiger partial charge in [-0.25, -0.2) is 0 Å². The molecule has 0 saturated carbocycles. The lowest BCUT2D eigenvalue weighted by Gasteiger charge is -2.20. The topological polar surface area (TPSA) is 55.4 Å². The Morgan fingerprint density at radius 3 is 2.37 bits per heavy atom. The number of rotatable bonds is 6. The number of carbonyl (C=O) groups is 2. The van der Waals surface area contributed by atoms with Gasteiger partial charge in [0.2, 0.25) is 0 Å². The highest BCUT2D eigenvalue weighted by Crippen LogP contribution is 2.25. The molecule has 2 aliphatic rings. The second-order valence-electron chi connectivity index (χ2n) is 10.7. The molecule has 0 aliphatic heterocycles. The van der Waals surface area contributed by atoms with Gasteiger partial charge in [-0.3, -0.25) is 9.59 Å². The van der Waals surface area contributed by atoms with Gasteiger partial charge in [0, 0.05) is 16.8 Å². The molecule has 0 atom stereocenters. The molecule has 1 amide bonds. The van der Waals surface area contributed by atoms with Crippen LogP contribution in [0.3, 0.4) is 0 Å². The van der Waals surface area contributed by atoms with Gasteiger partial charge in [0.05, 0.1) is 0 Å². The van der Waals surface area contributed by atoms with Crippen molar-refractivity contribution in [2.75, 3.05) is 11.9 Å². The third-order valence-corrected chi connectivity index (χ3v) is 8.18. The Hall–Kier alpha value is -4.96. The lowest BCUT2D eigenvalue weighted by molar-refractivity contribution is -0.118. The van der Waals surface area contributed by atoms with E-state index in [1.807, 2.05) is 42.5 Å². The third kappa shape index (κ3) is 4.82. The van der Waals surface area contributed by atoms with Crippen molar-refractivity contribution < 1.29 is 14.3 Å². The number of ether oxygens (including phenoxy) is 1. The zero-order chi connectivity index (χ0) is 27.8. The van der Waals surface area contributed by atoms with E-state index in [0.717, 1.165) is 47.2 Å². The predicted octanol–water partition coefficient (Wildman–Crippen LogP) is 5.85. The van der Waals surface area contributed by atoms with Gasteiger partial charge in [0.25, 0.3) is 5.91 Å². The summed E-state index contributed by atoms with van der Waals surface area (Å²) in [6, 6.07) is 33.8. The molecule has 41 heavy (non-hydrogen) atoms. The maximum atomic E-state index is 13.7. The highest BCUT2D eigenvalue weighted by molar-refractivity contribution is 6.24. The molecule has 5 aromatic rings. The van der Waals surface area contributed by atoms with Crippen LogP contribution in [0.25, 0.3) is 22.4 Å². The number of Topliss-reactive ketones (excluding diaryl/α,β-unsaturated/α-hetero) is 1. The van der Waals surface area contributed by atoms with Crippen LogP contribution in [0, 0.1) is 10.4 Å². The first kappa shape index (κ1) is 25.0. The number of nitrogens with one attached hydrogen (secondary N) is 1. The van der Waals surface area contributed by atoms with Gasteiger partial charge >= 0.3 is 0 Å². The molecule has 1 N–H and O–H groups in total. The van der Waals surface area contributed by atoms with E-state index in [-0.39, 0.29) is 18.3 Å². The maximum Gasteiger partial charge on any atom is 0.262 e. The predicted molar refractivity (Wildman–Crippen MR) is 163 cm³/mol. The van der Waals surface area contributed by atoms with E-state index in [0.29, 0.717) is 17.0 Å². The van der Waals surface area contributed by atoms with Gasteiger partial charge in [-0.15, -0.1) is 0 Å². The van der Waals surface area contributed by atoms with E-state index in [4.69, 9.17) is 4.74 Å². The Labute approximate surface area is 237 Å². The minimum atomic E-state index is -0.254. The Morgan fingerprint density at radius 2 is 1.49 bits per heavy atom. The van der Waals surface area contributed by atoms with Crippen molar-refractivity contribution in [1.82, 2.24) is 0 Å². The molecule has 0 aromatic heterocycles. The highest BCUT2D eigenvalue weighted by Gasteiger charge is 2.21. The fourth-order valence-electron chi connectivity index (χ4n) is 6.17. The van der Waals surface area contributed by atoms with Crippen molar-refractivity contribution in [2.24, 2.45) is 0 Å². The van der Waals surface area contributed by atoms with Crippen LogP contribution < -0.4 is 20.5 Å². The summed E-state index contributed by atoms with van der Waals surface area (Å²) in [5.74, 6) is 0.451. The first-order chi connectivity index (χ1) is 20.1. The molecular formula is C37H29NO3. The first-order valence-corrected chi connectivity index (χ1v) is 14.1. The van der Waals surface area contributed by atoms with E-state index in [1.165, 1.54) is 26.8 Å². The number of amides is 1. The van der Waals surface area contributed by atoms with Crippen LogP contribution >= 0.6 is 0 Å². The maximum absolute atomic E-state index is 13.7. The zero-order valence-corrected chi connectivity index (χ0v) is 22.7. The molecule has 0 spiro atoms. The molecule has 4 heteroatoms. The quantitative estimate of drug-likeness (QED) is 0.278. The monoisotopic (exact) mass is 535 g/mol. The number of ketones is 1. The van der Waals surface area contributed by atoms with Crippen molar-refractivity contribution in [1.29, 1.82) is 0 Å². The SMILES string of the molecule is O=C(COc1ccc2ccccc2c1)Nc1ccc(C(=O)C2=c3ccc4c(c3CCC2)CC=c2ccccc2=4)cc1. The Balaban J connectivity index is 1.09. The van der Waals surface area contributed by atoms with Crippen LogP contribution in [-0.4, -0.2) is 18.3 Å². The van der Waals surface area contributed by atoms with E-state index in [1.54, 1.807) is 24.3 Å². The third-order valence-electron chi connectivity index (χ3n) is 8.18.